The van der Waals surface area contributed by atoms with Crippen LogP contribution in [0.15, 0.2) is 71.7 Å². The molecule has 0 aliphatic carbocycles. The number of hydrogen-bond donors (Lipinski definition) is 2. The van der Waals surface area contributed by atoms with Crippen LogP contribution in [0.3, 0.4) is 0 Å². The van der Waals surface area contributed by atoms with Crippen LogP contribution in [-0.2, 0) is 11.2 Å². The molecule has 35 heavy (non-hydrogen) atoms. The first-order valence-electron chi connectivity index (χ1n) is 11.1. The number of nitrogens with zero attached hydrogens (tertiary/aromatic N) is 5. The van der Waals surface area contributed by atoms with Crippen molar-refractivity contribution in [1.29, 1.82) is 0 Å². The van der Waals surface area contributed by atoms with Crippen LogP contribution in [0, 0.1) is 12.7 Å². The number of aromatic amines is 1. The summed E-state index contributed by atoms with van der Waals surface area (Å²) in [5.41, 5.74) is 1.66. The molecule has 0 fully saturated rings. The SMILES string of the molecule is Cc1cc(NC(=O)CCCc2ccccc2)n(-c2nc3c(cnn3-c3ccccc3F)c(=O)[nH]2)n1. The predicted octanol–water partition coefficient (Wildman–Crippen LogP) is 3.70. The molecule has 0 spiro atoms. The fraction of sp³-hybridized carbons (Fsp3) is 0.160. The van der Waals surface area contributed by atoms with Gasteiger partial charge in [-0.15, -0.1) is 0 Å². The number of fused-ring (bicyclic) bond motifs is 1. The van der Waals surface area contributed by atoms with E-state index in [-0.39, 0.29) is 28.6 Å². The molecule has 0 radical (unpaired) electrons. The van der Waals surface area contributed by atoms with E-state index in [1.54, 1.807) is 31.2 Å². The smallest absolute Gasteiger partial charge is 0.263 e. The van der Waals surface area contributed by atoms with Gasteiger partial charge in [0.1, 0.15) is 22.7 Å². The molecule has 0 atom stereocenters. The normalized spacial score (nSPS) is 11.1. The average molecular weight is 471 g/mol. The zero-order valence-corrected chi connectivity index (χ0v) is 18.9. The maximum Gasteiger partial charge on any atom is 0.263 e. The molecule has 0 aliphatic rings. The molecular weight excluding hydrogens is 449 g/mol. The fourth-order valence-corrected chi connectivity index (χ4v) is 3.86. The van der Waals surface area contributed by atoms with Crippen LogP contribution < -0.4 is 10.9 Å². The monoisotopic (exact) mass is 471 g/mol. The van der Waals surface area contributed by atoms with Crippen molar-refractivity contribution < 1.29 is 9.18 Å². The second-order valence-electron chi connectivity index (χ2n) is 8.10. The Hall–Kier alpha value is -4.60. The van der Waals surface area contributed by atoms with E-state index in [2.05, 4.69) is 25.5 Å². The van der Waals surface area contributed by atoms with Gasteiger partial charge in [-0.1, -0.05) is 42.5 Å². The van der Waals surface area contributed by atoms with Gasteiger partial charge in [-0.2, -0.15) is 19.9 Å². The van der Waals surface area contributed by atoms with Crippen molar-refractivity contribution in [2.24, 2.45) is 0 Å². The van der Waals surface area contributed by atoms with Gasteiger partial charge in [-0.3, -0.25) is 14.6 Å². The highest BCUT2D eigenvalue weighted by Crippen LogP contribution is 2.19. The van der Waals surface area contributed by atoms with E-state index in [0.29, 0.717) is 24.4 Å². The number of rotatable bonds is 7. The number of aromatic nitrogens is 6. The van der Waals surface area contributed by atoms with Gasteiger partial charge in [-0.05, 0) is 37.5 Å². The van der Waals surface area contributed by atoms with Crippen LogP contribution in [-0.4, -0.2) is 35.4 Å². The minimum atomic E-state index is -0.500. The minimum absolute atomic E-state index is 0.0771. The maximum atomic E-state index is 14.4. The topological polar surface area (TPSA) is 110 Å². The van der Waals surface area contributed by atoms with E-state index in [1.807, 2.05) is 30.3 Å². The average Bonchev–Trinajstić information content (AvgIpc) is 3.43. The summed E-state index contributed by atoms with van der Waals surface area (Å²) >= 11 is 0. The summed E-state index contributed by atoms with van der Waals surface area (Å²) < 4.78 is 17.0. The number of aryl methyl sites for hydroxylation is 2. The van der Waals surface area contributed by atoms with E-state index in [4.69, 9.17) is 0 Å². The van der Waals surface area contributed by atoms with Gasteiger partial charge in [0.15, 0.2) is 5.65 Å². The Kier molecular flexibility index (Phi) is 5.92. The highest BCUT2D eigenvalue weighted by molar-refractivity contribution is 5.90. The summed E-state index contributed by atoms with van der Waals surface area (Å²) in [5.74, 6) is -0.235. The van der Waals surface area contributed by atoms with Crippen molar-refractivity contribution >= 4 is 22.8 Å². The Morgan fingerprint density at radius 3 is 2.66 bits per heavy atom. The number of hydrogen-bond acceptors (Lipinski definition) is 5. The molecule has 3 heterocycles. The number of anilines is 1. The lowest BCUT2D eigenvalue weighted by molar-refractivity contribution is -0.116. The summed E-state index contributed by atoms with van der Waals surface area (Å²) in [6.45, 7) is 1.77. The number of nitrogens with one attached hydrogen (secondary N) is 2. The third-order valence-corrected chi connectivity index (χ3v) is 5.52. The molecule has 0 bridgehead atoms. The van der Waals surface area contributed by atoms with E-state index in [0.717, 1.165) is 6.42 Å². The second-order valence-corrected chi connectivity index (χ2v) is 8.10. The molecule has 3 aromatic heterocycles. The largest absolute Gasteiger partial charge is 0.310 e. The molecule has 10 heteroatoms. The van der Waals surface area contributed by atoms with Crippen LogP contribution in [0.4, 0.5) is 10.2 Å². The number of carbonyl (C=O) groups is 1. The third-order valence-electron chi connectivity index (χ3n) is 5.52. The van der Waals surface area contributed by atoms with Crippen molar-refractivity contribution in [3.63, 3.8) is 0 Å². The quantitative estimate of drug-likeness (QED) is 0.376. The lowest BCUT2D eigenvalue weighted by Gasteiger charge is -2.09. The van der Waals surface area contributed by atoms with Crippen LogP contribution in [0.5, 0.6) is 0 Å². The zero-order chi connectivity index (χ0) is 24.4. The highest BCUT2D eigenvalue weighted by Gasteiger charge is 2.18. The van der Waals surface area contributed by atoms with Gasteiger partial charge >= 0.3 is 0 Å². The van der Waals surface area contributed by atoms with E-state index < -0.39 is 11.4 Å². The van der Waals surface area contributed by atoms with Gasteiger partial charge in [0.2, 0.25) is 11.9 Å². The zero-order valence-electron chi connectivity index (χ0n) is 18.9. The standard InChI is InChI=1S/C25H22FN7O2/c1-16-14-21(28-22(34)13-7-10-17-8-3-2-4-9-17)33(31-16)25-29-23-18(24(35)30-25)15-27-32(23)20-12-6-5-11-19(20)26/h2-6,8-9,11-12,14-15H,7,10,13H2,1H3,(H,28,34)(H,29,30,35). The highest BCUT2D eigenvalue weighted by atomic mass is 19.1. The third kappa shape index (κ3) is 4.58. The molecule has 2 N–H and O–H groups in total. The molecule has 0 saturated carbocycles. The lowest BCUT2D eigenvalue weighted by atomic mass is 10.1. The molecule has 2 aromatic carbocycles. The van der Waals surface area contributed by atoms with Crippen molar-refractivity contribution in [3.8, 4) is 11.6 Å². The molecule has 5 rings (SSSR count). The number of halogens is 1. The van der Waals surface area contributed by atoms with Gasteiger partial charge in [0.25, 0.3) is 5.56 Å². The summed E-state index contributed by atoms with van der Waals surface area (Å²) in [6, 6.07) is 17.7. The van der Waals surface area contributed by atoms with Gasteiger partial charge in [0, 0.05) is 12.5 Å². The Morgan fingerprint density at radius 1 is 1.09 bits per heavy atom. The molecule has 1 amide bonds. The predicted molar refractivity (Wildman–Crippen MR) is 129 cm³/mol. The van der Waals surface area contributed by atoms with Crippen LogP contribution >= 0.6 is 0 Å². The Balaban J connectivity index is 1.42. The molecule has 9 nitrogen and oxygen atoms in total. The van der Waals surface area contributed by atoms with Gasteiger partial charge in [0.05, 0.1) is 11.9 Å². The van der Waals surface area contributed by atoms with Crippen molar-refractivity contribution in [2.45, 2.75) is 26.2 Å². The minimum Gasteiger partial charge on any atom is -0.310 e. The number of H-pyrrole nitrogens is 1. The number of carbonyl (C=O) groups excluding carboxylic acids is 1. The Bertz CT molecular complexity index is 1570. The number of amides is 1. The van der Waals surface area contributed by atoms with Gasteiger partial charge in [-0.25, -0.2) is 9.07 Å². The summed E-state index contributed by atoms with van der Waals surface area (Å²) in [4.78, 5) is 32.5. The van der Waals surface area contributed by atoms with Crippen LogP contribution in [0.25, 0.3) is 22.7 Å². The van der Waals surface area contributed by atoms with E-state index in [9.17, 15) is 14.0 Å². The maximum absolute atomic E-state index is 14.4. The van der Waals surface area contributed by atoms with E-state index in [1.165, 1.54) is 27.2 Å². The lowest BCUT2D eigenvalue weighted by Crippen LogP contribution is -2.19. The fourth-order valence-electron chi connectivity index (χ4n) is 3.86. The van der Waals surface area contributed by atoms with Gasteiger partial charge < -0.3 is 5.32 Å². The van der Waals surface area contributed by atoms with Crippen molar-refractivity contribution in [1.82, 2.24) is 29.5 Å². The Morgan fingerprint density at radius 2 is 1.86 bits per heavy atom. The molecule has 0 aliphatic heterocycles. The first kappa shape index (κ1) is 22.2. The van der Waals surface area contributed by atoms with Crippen molar-refractivity contribution in [2.75, 3.05) is 5.32 Å². The molecule has 0 saturated heterocycles. The van der Waals surface area contributed by atoms with Crippen LogP contribution in [0.1, 0.15) is 24.1 Å². The number of para-hydroxylation sites is 1. The van der Waals surface area contributed by atoms with Crippen molar-refractivity contribution in [3.05, 3.63) is 94.3 Å². The summed E-state index contributed by atoms with van der Waals surface area (Å²) in [7, 11) is 0. The van der Waals surface area contributed by atoms with E-state index >= 15 is 0 Å². The first-order chi connectivity index (χ1) is 17.0. The first-order valence-corrected chi connectivity index (χ1v) is 11.1. The number of benzene rings is 2. The second kappa shape index (κ2) is 9.34. The molecule has 176 valence electrons. The molecule has 5 aromatic rings. The molecular formula is C25H22FN7O2. The summed E-state index contributed by atoms with van der Waals surface area (Å²) in [6.07, 6.45) is 3.13. The summed E-state index contributed by atoms with van der Waals surface area (Å²) in [5, 5.41) is 11.6. The molecule has 0 unspecified atom stereocenters. The van der Waals surface area contributed by atoms with Crippen LogP contribution in [0.2, 0.25) is 0 Å². The Labute approximate surface area is 199 Å².